The summed E-state index contributed by atoms with van der Waals surface area (Å²) in [6, 6.07) is 0. The number of carbonyl (C=O) groups is 4. The number of phosphoric acid groups is 2. The summed E-state index contributed by atoms with van der Waals surface area (Å²) in [5.41, 5.74) is 0. The van der Waals surface area contributed by atoms with Crippen LogP contribution < -0.4 is 0 Å². The molecule has 0 radical (unpaired) electrons. The van der Waals surface area contributed by atoms with Crippen molar-refractivity contribution in [2.24, 2.45) is 5.92 Å². The number of hydrogen-bond acceptors (Lipinski definition) is 15. The van der Waals surface area contributed by atoms with Crippen molar-refractivity contribution in [3.05, 3.63) is 0 Å². The van der Waals surface area contributed by atoms with Gasteiger partial charge < -0.3 is 33.8 Å². The molecule has 0 aromatic carbocycles. The van der Waals surface area contributed by atoms with Crippen LogP contribution in [-0.4, -0.2) is 96.7 Å². The lowest BCUT2D eigenvalue weighted by atomic mass is 10.0. The Hall–Kier alpha value is -1.94. The minimum Gasteiger partial charge on any atom is -0.462 e. The van der Waals surface area contributed by atoms with Crippen LogP contribution in [0, 0.1) is 5.92 Å². The van der Waals surface area contributed by atoms with E-state index in [9.17, 15) is 43.2 Å². The third kappa shape index (κ3) is 66.5. The molecule has 0 heterocycles. The second-order valence-electron chi connectivity index (χ2n) is 26.5. The third-order valence-electron chi connectivity index (χ3n) is 16.8. The van der Waals surface area contributed by atoms with Crippen LogP contribution in [0.3, 0.4) is 0 Å². The van der Waals surface area contributed by atoms with E-state index in [1.165, 1.54) is 193 Å². The van der Waals surface area contributed by atoms with E-state index in [0.717, 1.165) is 102 Å². The smallest absolute Gasteiger partial charge is 0.462 e. The molecule has 0 spiro atoms. The molecule has 2 unspecified atom stereocenters. The minimum atomic E-state index is -4.95. The van der Waals surface area contributed by atoms with Crippen LogP contribution in [0.25, 0.3) is 0 Å². The van der Waals surface area contributed by atoms with Gasteiger partial charge in [-0.15, -0.1) is 0 Å². The summed E-state index contributed by atoms with van der Waals surface area (Å²) in [5, 5.41) is 10.6. The topological polar surface area (TPSA) is 237 Å². The highest BCUT2D eigenvalue weighted by molar-refractivity contribution is 7.47. The Kier molecular flexibility index (Phi) is 64.0. The van der Waals surface area contributed by atoms with Gasteiger partial charge >= 0.3 is 39.5 Å². The molecule has 0 fully saturated rings. The van der Waals surface area contributed by atoms with Gasteiger partial charge in [-0.3, -0.25) is 37.3 Å². The van der Waals surface area contributed by atoms with Crippen molar-refractivity contribution >= 4 is 39.5 Å². The van der Waals surface area contributed by atoms with Crippen LogP contribution in [0.4, 0.5) is 0 Å². The van der Waals surface area contributed by atoms with Crippen LogP contribution in [0.2, 0.25) is 0 Å². The number of carbonyl (C=O) groups excluding carboxylic acids is 4. The Balaban J connectivity index is 5.11. The monoisotopic (exact) mass is 1340 g/mol. The van der Waals surface area contributed by atoms with Crippen LogP contribution >= 0.6 is 15.6 Å². The Labute approximate surface area is 556 Å². The molecule has 0 amide bonds. The minimum absolute atomic E-state index is 0.106. The highest BCUT2D eigenvalue weighted by Crippen LogP contribution is 2.45. The molecule has 91 heavy (non-hydrogen) atoms. The lowest BCUT2D eigenvalue weighted by Crippen LogP contribution is -2.30. The average molecular weight is 1340 g/mol. The SMILES string of the molecule is CCCCCCCCCCCCCCCCC(=O)OC[C@H](COP(=O)(O)OC[C@@H](O)COP(=O)(O)OC[C@@H](COC(=O)CCCCCCC)OC(=O)CCCCCCCCCCCCC)OC(=O)CCCCCCCCCCCCCCCCCCCCC(C)C. The van der Waals surface area contributed by atoms with Crippen LogP contribution in [0.5, 0.6) is 0 Å². The number of hydrogen-bond donors (Lipinski definition) is 3. The molecule has 0 aromatic heterocycles. The molecule has 0 aliphatic heterocycles. The van der Waals surface area contributed by atoms with Gasteiger partial charge in [0.15, 0.2) is 12.2 Å². The van der Waals surface area contributed by atoms with Gasteiger partial charge in [0.2, 0.25) is 0 Å². The van der Waals surface area contributed by atoms with Crippen molar-refractivity contribution < 1.29 is 80.2 Å². The van der Waals surface area contributed by atoms with E-state index in [0.29, 0.717) is 25.7 Å². The maximum atomic E-state index is 13.0. The predicted octanol–water partition coefficient (Wildman–Crippen LogP) is 20.9. The van der Waals surface area contributed by atoms with Gasteiger partial charge in [-0.2, -0.15) is 0 Å². The van der Waals surface area contributed by atoms with Gasteiger partial charge in [-0.1, -0.05) is 324 Å². The van der Waals surface area contributed by atoms with Gasteiger partial charge in [0.05, 0.1) is 26.4 Å². The molecule has 0 aromatic rings. The van der Waals surface area contributed by atoms with E-state index in [2.05, 4.69) is 34.6 Å². The van der Waals surface area contributed by atoms with E-state index in [4.69, 9.17) is 37.0 Å². The fourth-order valence-corrected chi connectivity index (χ4v) is 12.6. The Morgan fingerprint density at radius 1 is 0.297 bits per heavy atom. The van der Waals surface area contributed by atoms with Crippen molar-refractivity contribution in [3.63, 3.8) is 0 Å². The first-order chi connectivity index (χ1) is 44.0. The van der Waals surface area contributed by atoms with Crippen LogP contribution in [0.1, 0.15) is 375 Å². The summed E-state index contributed by atoms with van der Waals surface area (Å²) in [5.74, 6) is -1.31. The number of aliphatic hydroxyl groups excluding tert-OH is 1. The van der Waals surface area contributed by atoms with Gasteiger partial charge in [-0.05, 0) is 31.6 Å². The predicted molar refractivity (Wildman–Crippen MR) is 368 cm³/mol. The highest BCUT2D eigenvalue weighted by atomic mass is 31.2. The molecule has 0 bridgehead atoms. The van der Waals surface area contributed by atoms with Crippen molar-refractivity contribution in [2.75, 3.05) is 39.6 Å². The number of ether oxygens (including phenoxy) is 4. The molecule has 3 N–H and O–H groups in total. The lowest BCUT2D eigenvalue weighted by Gasteiger charge is -2.21. The zero-order chi connectivity index (χ0) is 67.0. The summed E-state index contributed by atoms with van der Waals surface area (Å²) < 4.78 is 68.1. The molecule has 0 saturated heterocycles. The molecular weight excluding hydrogens is 1200 g/mol. The number of phosphoric ester groups is 2. The highest BCUT2D eigenvalue weighted by Gasteiger charge is 2.30. The maximum absolute atomic E-state index is 13.0. The molecule has 19 heteroatoms. The first kappa shape index (κ1) is 89.1. The molecule has 0 saturated carbocycles. The zero-order valence-corrected chi connectivity index (χ0v) is 60.8. The lowest BCUT2D eigenvalue weighted by molar-refractivity contribution is -0.161. The summed E-state index contributed by atoms with van der Waals surface area (Å²) in [4.78, 5) is 72.3. The van der Waals surface area contributed by atoms with Gasteiger partial charge in [0.1, 0.15) is 19.3 Å². The molecule has 0 rings (SSSR count). The van der Waals surface area contributed by atoms with Crippen molar-refractivity contribution in [1.82, 2.24) is 0 Å². The van der Waals surface area contributed by atoms with E-state index >= 15 is 0 Å². The zero-order valence-electron chi connectivity index (χ0n) is 59.0. The molecule has 5 atom stereocenters. The van der Waals surface area contributed by atoms with Gasteiger partial charge in [0.25, 0.3) is 0 Å². The summed E-state index contributed by atoms with van der Waals surface area (Å²) in [7, 11) is -9.89. The largest absolute Gasteiger partial charge is 0.472 e. The second kappa shape index (κ2) is 65.4. The van der Waals surface area contributed by atoms with Crippen LogP contribution in [-0.2, 0) is 65.4 Å². The van der Waals surface area contributed by atoms with Crippen molar-refractivity contribution in [3.8, 4) is 0 Å². The second-order valence-corrected chi connectivity index (χ2v) is 29.4. The summed E-state index contributed by atoms with van der Waals surface area (Å²) in [6.07, 6.45) is 53.1. The number of aliphatic hydroxyl groups is 1. The van der Waals surface area contributed by atoms with E-state index in [-0.39, 0.29) is 25.7 Å². The maximum Gasteiger partial charge on any atom is 0.472 e. The number of rotatable bonds is 72. The van der Waals surface area contributed by atoms with Gasteiger partial charge in [-0.25, -0.2) is 9.13 Å². The molecule has 0 aliphatic rings. The van der Waals surface area contributed by atoms with E-state index in [1.54, 1.807) is 0 Å². The van der Waals surface area contributed by atoms with E-state index < -0.39 is 97.5 Å². The Morgan fingerprint density at radius 3 is 0.747 bits per heavy atom. The fraction of sp³-hybridized carbons (Fsp3) is 0.944. The Morgan fingerprint density at radius 2 is 0.505 bits per heavy atom. The van der Waals surface area contributed by atoms with Crippen molar-refractivity contribution in [2.45, 2.75) is 393 Å². The summed E-state index contributed by atoms with van der Waals surface area (Å²) >= 11 is 0. The summed E-state index contributed by atoms with van der Waals surface area (Å²) in [6.45, 7) is 7.21. The van der Waals surface area contributed by atoms with Gasteiger partial charge in [0, 0.05) is 25.7 Å². The molecular formula is C72H140O17P2. The van der Waals surface area contributed by atoms with Crippen molar-refractivity contribution in [1.29, 1.82) is 0 Å². The average Bonchev–Trinajstić information content (AvgIpc) is 3.37. The quantitative estimate of drug-likeness (QED) is 0.0222. The first-order valence-electron chi connectivity index (χ1n) is 37.6. The number of unbranched alkanes of at least 4 members (excludes halogenated alkanes) is 44. The molecule has 17 nitrogen and oxygen atoms in total. The number of esters is 4. The van der Waals surface area contributed by atoms with Crippen LogP contribution in [0.15, 0.2) is 0 Å². The molecule has 540 valence electrons. The Bertz CT molecular complexity index is 1750. The normalized spacial score (nSPS) is 14.0. The standard InChI is InChI=1S/C72H140O17P2/c1-6-9-12-15-17-19-21-22-30-34-37-41-46-51-56-70(75)83-62-68(89-72(77)58-53-48-43-39-35-31-28-26-24-23-25-27-29-33-36-40-45-49-54-65(4)5)64-87-91(80,81)85-60-66(73)59-84-90(78,79)86-63-67(61-82-69(74)55-50-44-14-11-8-3)88-71(76)57-52-47-42-38-32-20-18-16-13-10-7-2/h65-68,73H,6-64H2,1-5H3,(H,78,79)(H,80,81)/t66-,67+,68+/m0/s1. The van der Waals surface area contributed by atoms with E-state index in [1.807, 2.05) is 0 Å². The first-order valence-corrected chi connectivity index (χ1v) is 40.6. The molecule has 0 aliphatic carbocycles. The fourth-order valence-electron chi connectivity index (χ4n) is 11.0. The third-order valence-corrected chi connectivity index (χ3v) is 18.7.